The number of fused-ring (bicyclic) bond motifs is 1. The minimum Gasteiger partial charge on any atom is -0.481 e. The lowest BCUT2D eigenvalue weighted by Gasteiger charge is -2.24. The lowest BCUT2D eigenvalue weighted by Crippen LogP contribution is -2.38. The third kappa shape index (κ3) is 1.86. The lowest BCUT2D eigenvalue weighted by molar-refractivity contribution is -0.139. The Kier molecular flexibility index (Phi) is 2.92. The first kappa shape index (κ1) is 13.6. The van der Waals surface area contributed by atoms with E-state index in [2.05, 4.69) is 0 Å². The molecule has 0 amide bonds. The molecule has 108 valence electrons. The van der Waals surface area contributed by atoms with Crippen molar-refractivity contribution in [1.29, 1.82) is 0 Å². The molecular formula is C14H17NO4S. The van der Waals surface area contributed by atoms with Crippen molar-refractivity contribution in [2.45, 2.75) is 24.8 Å². The van der Waals surface area contributed by atoms with Crippen LogP contribution in [0.25, 0.3) is 0 Å². The van der Waals surface area contributed by atoms with Gasteiger partial charge in [0.15, 0.2) is 0 Å². The molecule has 0 radical (unpaired) electrons. The summed E-state index contributed by atoms with van der Waals surface area (Å²) in [5, 5.41) is 9.05. The molecule has 1 aromatic rings. The van der Waals surface area contributed by atoms with E-state index in [1.165, 1.54) is 4.31 Å². The molecular weight excluding hydrogens is 278 g/mol. The summed E-state index contributed by atoms with van der Waals surface area (Å²) in [5.74, 6) is -1.23. The number of rotatable bonds is 3. The van der Waals surface area contributed by atoms with Crippen LogP contribution in [0.1, 0.15) is 12.5 Å². The van der Waals surface area contributed by atoms with Gasteiger partial charge in [0, 0.05) is 12.6 Å². The molecule has 1 heterocycles. The lowest BCUT2D eigenvalue weighted by atomic mass is 10.2. The molecule has 0 aromatic heterocycles. The first-order valence-corrected chi connectivity index (χ1v) is 8.09. The summed E-state index contributed by atoms with van der Waals surface area (Å²) in [6.45, 7) is 4.03. The van der Waals surface area contributed by atoms with Gasteiger partial charge in [-0.25, -0.2) is 8.42 Å². The Labute approximate surface area is 118 Å². The number of carboxylic acids is 1. The number of benzene rings is 1. The van der Waals surface area contributed by atoms with Gasteiger partial charge in [0.1, 0.15) is 0 Å². The fourth-order valence-corrected chi connectivity index (χ4v) is 5.07. The molecule has 1 aliphatic carbocycles. The largest absolute Gasteiger partial charge is 0.481 e. The molecule has 20 heavy (non-hydrogen) atoms. The summed E-state index contributed by atoms with van der Waals surface area (Å²) in [5.41, 5.74) is 1.01. The van der Waals surface area contributed by atoms with Crippen LogP contribution in [-0.2, 0) is 14.8 Å². The van der Waals surface area contributed by atoms with Gasteiger partial charge in [0.25, 0.3) is 0 Å². The van der Waals surface area contributed by atoms with Gasteiger partial charge in [0.2, 0.25) is 10.0 Å². The van der Waals surface area contributed by atoms with Gasteiger partial charge in [-0.2, -0.15) is 4.31 Å². The molecule has 1 unspecified atom stereocenters. The Bertz CT molecular complexity index is 652. The van der Waals surface area contributed by atoms with Crippen LogP contribution in [0.15, 0.2) is 29.2 Å². The molecule has 5 nitrogen and oxygen atoms in total. The summed E-state index contributed by atoms with van der Waals surface area (Å²) < 4.78 is 26.6. The number of carbonyl (C=O) groups is 1. The van der Waals surface area contributed by atoms with Gasteiger partial charge in [-0.15, -0.1) is 0 Å². The maximum absolute atomic E-state index is 12.6. The Balaban J connectivity index is 1.85. The number of nitrogens with zero attached hydrogens (tertiary/aromatic N) is 1. The molecule has 2 aliphatic rings. The number of hydrogen-bond donors (Lipinski definition) is 1. The Morgan fingerprint density at radius 3 is 2.35 bits per heavy atom. The van der Waals surface area contributed by atoms with E-state index in [1.807, 2.05) is 6.92 Å². The molecule has 1 saturated heterocycles. The maximum atomic E-state index is 12.6. The number of piperidine rings is 1. The second-order valence-electron chi connectivity index (χ2n) is 5.73. The Hall–Kier alpha value is -1.40. The standard InChI is InChI=1S/C14H17NO4S/c1-8-3-5-10(6-4-8)20(18,19)15-7-11-12(9(15)2)13(11)14(16)17/h3-6,9,11-13H,7H2,1-2H3,(H,16,17)/t9?,11-,12+,13+/m0/s1. The second-order valence-corrected chi connectivity index (χ2v) is 7.62. The van der Waals surface area contributed by atoms with Crippen LogP contribution in [0.5, 0.6) is 0 Å². The Morgan fingerprint density at radius 1 is 1.30 bits per heavy atom. The minimum absolute atomic E-state index is 0.0253. The van der Waals surface area contributed by atoms with E-state index >= 15 is 0 Å². The molecule has 2 fully saturated rings. The predicted molar refractivity (Wildman–Crippen MR) is 72.6 cm³/mol. The molecule has 6 heteroatoms. The van der Waals surface area contributed by atoms with E-state index < -0.39 is 16.0 Å². The van der Waals surface area contributed by atoms with Crippen molar-refractivity contribution in [1.82, 2.24) is 4.31 Å². The fraction of sp³-hybridized carbons (Fsp3) is 0.500. The van der Waals surface area contributed by atoms with Gasteiger partial charge < -0.3 is 5.11 Å². The normalized spacial score (nSPS) is 32.9. The van der Waals surface area contributed by atoms with Crippen LogP contribution in [0.2, 0.25) is 0 Å². The highest BCUT2D eigenvalue weighted by Crippen LogP contribution is 2.56. The van der Waals surface area contributed by atoms with Crippen LogP contribution in [0.4, 0.5) is 0 Å². The van der Waals surface area contributed by atoms with Crippen molar-refractivity contribution in [2.75, 3.05) is 6.54 Å². The third-order valence-electron chi connectivity index (χ3n) is 4.54. The van der Waals surface area contributed by atoms with Crippen LogP contribution in [0, 0.1) is 24.7 Å². The number of carboxylic acid groups (broad SMARTS) is 1. The van der Waals surface area contributed by atoms with Gasteiger partial charge in [-0.3, -0.25) is 4.79 Å². The first-order chi connectivity index (χ1) is 9.34. The summed E-state index contributed by atoms with van der Waals surface area (Å²) in [4.78, 5) is 11.3. The van der Waals surface area contributed by atoms with E-state index in [0.717, 1.165) is 5.56 Å². The van der Waals surface area contributed by atoms with Crippen LogP contribution >= 0.6 is 0 Å². The molecule has 1 N–H and O–H groups in total. The van der Waals surface area contributed by atoms with Crippen molar-refractivity contribution in [2.24, 2.45) is 17.8 Å². The molecule has 0 spiro atoms. The summed E-state index contributed by atoms with van der Waals surface area (Å²) in [6.07, 6.45) is 0. The molecule has 0 bridgehead atoms. The average Bonchev–Trinajstić information content (AvgIpc) is 3.01. The SMILES string of the molecule is Cc1ccc(S(=O)(=O)N2C[C@@H]3[C@@H](C(=O)O)[C@@H]3C2C)cc1. The van der Waals surface area contributed by atoms with Gasteiger partial charge in [-0.05, 0) is 37.8 Å². The number of hydrogen-bond acceptors (Lipinski definition) is 3. The highest BCUT2D eigenvalue weighted by Gasteiger charge is 2.65. The van der Waals surface area contributed by atoms with Crippen molar-refractivity contribution >= 4 is 16.0 Å². The Morgan fingerprint density at radius 2 is 1.90 bits per heavy atom. The molecule has 1 saturated carbocycles. The quantitative estimate of drug-likeness (QED) is 0.913. The zero-order valence-electron chi connectivity index (χ0n) is 11.4. The topological polar surface area (TPSA) is 74.7 Å². The van der Waals surface area contributed by atoms with E-state index in [9.17, 15) is 13.2 Å². The average molecular weight is 295 g/mol. The highest BCUT2D eigenvalue weighted by atomic mass is 32.2. The van der Waals surface area contributed by atoms with Gasteiger partial charge in [-0.1, -0.05) is 17.7 Å². The maximum Gasteiger partial charge on any atom is 0.307 e. The predicted octanol–water partition coefficient (Wildman–Crippen LogP) is 1.33. The van der Waals surface area contributed by atoms with Crippen molar-refractivity contribution in [3.8, 4) is 0 Å². The highest BCUT2D eigenvalue weighted by molar-refractivity contribution is 7.89. The summed E-state index contributed by atoms with van der Waals surface area (Å²) in [6, 6.07) is 6.52. The summed E-state index contributed by atoms with van der Waals surface area (Å²) >= 11 is 0. The smallest absolute Gasteiger partial charge is 0.307 e. The van der Waals surface area contributed by atoms with E-state index in [4.69, 9.17) is 5.11 Å². The molecule has 3 rings (SSSR count). The minimum atomic E-state index is -3.52. The van der Waals surface area contributed by atoms with Crippen molar-refractivity contribution in [3.05, 3.63) is 29.8 Å². The molecule has 1 aliphatic heterocycles. The van der Waals surface area contributed by atoms with Crippen LogP contribution < -0.4 is 0 Å². The zero-order valence-corrected chi connectivity index (χ0v) is 12.2. The number of sulfonamides is 1. The van der Waals surface area contributed by atoms with E-state index in [1.54, 1.807) is 31.2 Å². The monoisotopic (exact) mass is 295 g/mol. The molecule has 4 atom stereocenters. The van der Waals surface area contributed by atoms with Crippen molar-refractivity contribution < 1.29 is 18.3 Å². The summed E-state index contributed by atoms with van der Waals surface area (Å²) in [7, 11) is -3.52. The van der Waals surface area contributed by atoms with Crippen LogP contribution in [0.3, 0.4) is 0 Å². The molecule has 1 aromatic carbocycles. The number of aryl methyl sites for hydroxylation is 1. The number of aliphatic carboxylic acids is 1. The van der Waals surface area contributed by atoms with E-state index in [-0.39, 0.29) is 28.7 Å². The fourth-order valence-electron chi connectivity index (χ4n) is 3.37. The van der Waals surface area contributed by atoms with E-state index in [0.29, 0.717) is 6.54 Å². The van der Waals surface area contributed by atoms with Crippen LogP contribution in [-0.4, -0.2) is 36.4 Å². The van der Waals surface area contributed by atoms with Gasteiger partial charge >= 0.3 is 5.97 Å². The van der Waals surface area contributed by atoms with Gasteiger partial charge in [0.05, 0.1) is 10.8 Å². The third-order valence-corrected chi connectivity index (χ3v) is 6.51. The second kappa shape index (κ2) is 4.30. The zero-order chi connectivity index (χ0) is 14.7. The van der Waals surface area contributed by atoms with Crippen molar-refractivity contribution in [3.63, 3.8) is 0 Å². The first-order valence-electron chi connectivity index (χ1n) is 6.65.